The maximum atomic E-state index is 12.2. The molecule has 3 N–H and O–H groups in total. The van der Waals surface area contributed by atoms with E-state index in [-0.39, 0.29) is 47.4 Å². The minimum atomic E-state index is -3.57. The molecule has 0 unspecified atom stereocenters. The molecule has 2 rings (SSSR count). The number of carbonyl (C=O) groups is 1. The zero-order valence-corrected chi connectivity index (χ0v) is 20.8. The lowest BCUT2D eigenvalue weighted by Crippen LogP contribution is -2.54. The number of guanidine groups is 1. The molecule has 30 heavy (non-hydrogen) atoms. The first-order chi connectivity index (χ1) is 13.8. The normalized spacial score (nSPS) is 15.6. The van der Waals surface area contributed by atoms with Crippen LogP contribution in [-0.4, -0.2) is 94.0 Å². The SMILES string of the molecule is CN=C(NCCNS(=O)(=O)c1cccnc1)N1CCN(CC(=O)NC(C)C)CC1.I. The number of hydrogen-bond donors (Lipinski definition) is 3. The summed E-state index contributed by atoms with van der Waals surface area (Å²) >= 11 is 0. The van der Waals surface area contributed by atoms with Gasteiger partial charge in [-0.3, -0.25) is 19.7 Å². The Morgan fingerprint density at radius 2 is 1.93 bits per heavy atom. The third-order valence-corrected chi connectivity index (χ3v) is 5.79. The van der Waals surface area contributed by atoms with E-state index in [0.29, 0.717) is 13.1 Å². The number of pyridine rings is 1. The number of nitrogens with one attached hydrogen (secondary N) is 3. The molecule has 0 spiro atoms. The predicted octanol–water partition coefficient (Wildman–Crippen LogP) is -0.304. The maximum Gasteiger partial charge on any atom is 0.242 e. The summed E-state index contributed by atoms with van der Waals surface area (Å²) in [6, 6.07) is 3.23. The van der Waals surface area contributed by atoms with Crippen LogP contribution >= 0.6 is 24.0 Å². The van der Waals surface area contributed by atoms with Gasteiger partial charge in [0.25, 0.3) is 0 Å². The quantitative estimate of drug-likeness (QED) is 0.175. The Morgan fingerprint density at radius 1 is 1.23 bits per heavy atom. The summed E-state index contributed by atoms with van der Waals surface area (Å²) in [5.41, 5.74) is 0. The molecule has 1 saturated heterocycles. The Kier molecular flexibility index (Phi) is 11.5. The first-order valence-electron chi connectivity index (χ1n) is 9.69. The molecule has 0 aliphatic carbocycles. The van der Waals surface area contributed by atoms with E-state index < -0.39 is 10.0 Å². The number of aromatic nitrogens is 1. The van der Waals surface area contributed by atoms with Gasteiger partial charge in [-0.15, -0.1) is 24.0 Å². The molecule has 2 heterocycles. The summed E-state index contributed by atoms with van der Waals surface area (Å²) in [5.74, 6) is 0.758. The number of rotatable bonds is 8. The zero-order valence-electron chi connectivity index (χ0n) is 17.7. The lowest BCUT2D eigenvalue weighted by atomic mass is 10.3. The highest BCUT2D eigenvalue weighted by Crippen LogP contribution is 2.05. The van der Waals surface area contributed by atoms with Gasteiger partial charge in [-0.05, 0) is 26.0 Å². The number of amides is 1. The summed E-state index contributed by atoms with van der Waals surface area (Å²) in [6.07, 6.45) is 2.84. The Labute approximate surface area is 196 Å². The lowest BCUT2D eigenvalue weighted by Gasteiger charge is -2.36. The van der Waals surface area contributed by atoms with Gasteiger partial charge in [0, 0.05) is 64.8 Å². The van der Waals surface area contributed by atoms with Gasteiger partial charge >= 0.3 is 0 Å². The molecule has 1 aromatic rings. The van der Waals surface area contributed by atoms with Gasteiger partial charge in [-0.25, -0.2) is 13.1 Å². The molecular formula is C18H32IN7O3S. The number of sulfonamides is 1. The van der Waals surface area contributed by atoms with Crippen molar-refractivity contribution in [2.75, 3.05) is 52.9 Å². The topological polar surface area (TPSA) is 119 Å². The van der Waals surface area contributed by atoms with Crippen LogP contribution in [0, 0.1) is 0 Å². The van der Waals surface area contributed by atoms with E-state index in [1.54, 1.807) is 13.1 Å². The molecule has 0 bridgehead atoms. The van der Waals surface area contributed by atoms with Crippen molar-refractivity contribution in [3.63, 3.8) is 0 Å². The van der Waals surface area contributed by atoms with Crippen LogP contribution in [0.25, 0.3) is 0 Å². The molecule has 170 valence electrons. The Hall–Kier alpha value is -1.51. The average molecular weight is 553 g/mol. The smallest absolute Gasteiger partial charge is 0.242 e. The number of piperazine rings is 1. The molecule has 0 atom stereocenters. The van der Waals surface area contributed by atoms with Crippen LogP contribution in [0.5, 0.6) is 0 Å². The van der Waals surface area contributed by atoms with E-state index in [0.717, 1.165) is 32.1 Å². The largest absolute Gasteiger partial charge is 0.355 e. The Balaban J connectivity index is 0.00000450. The van der Waals surface area contributed by atoms with Crippen LogP contribution in [0.2, 0.25) is 0 Å². The maximum absolute atomic E-state index is 12.2. The fraction of sp³-hybridized carbons (Fsp3) is 0.611. The molecule has 10 nitrogen and oxygen atoms in total. The van der Waals surface area contributed by atoms with E-state index in [1.165, 1.54) is 18.5 Å². The van der Waals surface area contributed by atoms with E-state index in [1.807, 2.05) is 13.8 Å². The lowest BCUT2D eigenvalue weighted by molar-refractivity contribution is -0.123. The number of nitrogens with zero attached hydrogens (tertiary/aromatic N) is 4. The van der Waals surface area contributed by atoms with Crippen molar-refractivity contribution in [1.82, 2.24) is 30.1 Å². The standard InChI is InChI=1S/C18H31N7O3S.HI/c1-15(2)23-17(26)14-24-9-11-25(12-10-24)18(19-3)21-7-8-22-29(27,28)16-5-4-6-20-13-16;/h4-6,13,15,22H,7-12,14H2,1-3H3,(H,19,21)(H,23,26);1H. The van der Waals surface area contributed by atoms with Crippen molar-refractivity contribution in [2.45, 2.75) is 24.8 Å². The first-order valence-corrected chi connectivity index (χ1v) is 11.2. The summed E-state index contributed by atoms with van der Waals surface area (Å²) in [7, 11) is -1.87. The van der Waals surface area contributed by atoms with Crippen LogP contribution in [0.15, 0.2) is 34.4 Å². The van der Waals surface area contributed by atoms with Gasteiger partial charge in [0.05, 0.1) is 6.54 Å². The van der Waals surface area contributed by atoms with Gasteiger partial charge in [-0.2, -0.15) is 0 Å². The van der Waals surface area contributed by atoms with Gasteiger partial charge in [-0.1, -0.05) is 0 Å². The van der Waals surface area contributed by atoms with Crippen LogP contribution in [0.1, 0.15) is 13.8 Å². The van der Waals surface area contributed by atoms with Crippen LogP contribution in [0.3, 0.4) is 0 Å². The van der Waals surface area contributed by atoms with E-state index in [9.17, 15) is 13.2 Å². The molecule has 1 aromatic heterocycles. The molecule has 0 radical (unpaired) electrons. The molecular weight excluding hydrogens is 521 g/mol. The van der Waals surface area contributed by atoms with Crippen LogP contribution < -0.4 is 15.4 Å². The van der Waals surface area contributed by atoms with E-state index >= 15 is 0 Å². The van der Waals surface area contributed by atoms with Crippen molar-refractivity contribution in [1.29, 1.82) is 0 Å². The summed E-state index contributed by atoms with van der Waals surface area (Å²) in [4.78, 5) is 24.4. The molecule has 1 aliphatic rings. The molecule has 12 heteroatoms. The molecule has 0 aromatic carbocycles. The minimum absolute atomic E-state index is 0. The third kappa shape index (κ3) is 8.70. The summed E-state index contributed by atoms with van der Waals surface area (Å²) in [6.45, 7) is 7.94. The number of carbonyl (C=O) groups excluding carboxylic acids is 1. The van der Waals surface area contributed by atoms with Crippen molar-refractivity contribution in [3.8, 4) is 0 Å². The Morgan fingerprint density at radius 3 is 2.50 bits per heavy atom. The average Bonchev–Trinajstić information content (AvgIpc) is 2.69. The third-order valence-electron chi connectivity index (χ3n) is 4.35. The molecule has 1 amide bonds. The molecule has 1 aliphatic heterocycles. The predicted molar refractivity (Wildman–Crippen MR) is 127 cm³/mol. The van der Waals surface area contributed by atoms with E-state index in [4.69, 9.17) is 0 Å². The Bertz CT molecular complexity index is 782. The van der Waals surface area contributed by atoms with E-state index in [2.05, 4.69) is 35.1 Å². The highest BCUT2D eigenvalue weighted by atomic mass is 127. The van der Waals surface area contributed by atoms with Gasteiger partial charge in [0.15, 0.2) is 5.96 Å². The highest BCUT2D eigenvalue weighted by molar-refractivity contribution is 14.0. The second-order valence-corrected chi connectivity index (χ2v) is 8.81. The van der Waals surface area contributed by atoms with Gasteiger partial charge < -0.3 is 15.5 Å². The van der Waals surface area contributed by atoms with Gasteiger partial charge in [0.2, 0.25) is 15.9 Å². The van der Waals surface area contributed by atoms with Crippen LogP contribution in [-0.2, 0) is 14.8 Å². The fourth-order valence-electron chi connectivity index (χ4n) is 2.97. The van der Waals surface area contributed by atoms with Crippen molar-refractivity contribution >= 4 is 45.9 Å². The number of halogens is 1. The zero-order chi connectivity index (χ0) is 21.3. The second-order valence-electron chi connectivity index (χ2n) is 7.05. The summed E-state index contributed by atoms with van der Waals surface area (Å²) in [5, 5.41) is 6.08. The molecule has 1 fully saturated rings. The molecule has 0 saturated carbocycles. The van der Waals surface area contributed by atoms with Crippen molar-refractivity contribution in [3.05, 3.63) is 24.5 Å². The first kappa shape index (κ1) is 26.5. The number of aliphatic imine (C=N–C) groups is 1. The monoisotopic (exact) mass is 553 g/mol. The van der Waals surface area contributed by atoms with Crippen LogP contribution in [0.4, 0.5) is 0 Å². The summed E-state index contributed by atoms with van der Waals surface area (Å²) < 4.78 is 26.9. The number of hydrogen-bond acceptors (Lipinski definition) is 6. The van der Waals surface area contributed by atoms with Crippen molar-refractivity contribution in [2.24, 2.45) is 4.99 Å². The minimum Gasteiger partial charge on any atom is -0.355 e. The second kappa shape index (κ2) is 13.0. The highest BCUT2D eigenvalue weighted by Gasteiger charge is 2.21. The van der Waals surface area contributed by atoms with Gasteiger partial charge in [0.1, 0.15) is 4.90 Å². The van der Waals surface area contributed by atoms with Crippen molar-refractivity contribution < 1.29 is 13.2 Å². The fourth-order valence-corrected chi connectivity index (χ4v) is 3.96.